The SMILES string of the molecule is CCC(=O)Nc1ccc(C(=O)N/N=C\[C@@H]2C(=O)NC(=O)N([C@@H]3C[C@H]4CC[C@H]3C4)C2=O)cc1. The zero-order valence-electron chi connectivity index (χ0n) is 17.7. The maximum atomic E-state index is 12.9. The molecule has 2 aliphatic carbocycles. The maximum Gasteiger partial charge on any atom is 0.331 e. The molecule has 3 aliphatic rings. The normalized spacial score (nSPS) is 27.0. The lowest BCUT2D eigenvalue weighted by atomic mass is 9.92. The number of nitrogens with one attached hydrogen (secondary N) is 3. The number of amides is 6. The van der Waals surface area contributed by atoms with E-state index in [0.717, 1.165) is 31.9 Å². The Balaban J connectivity index is 1.38. The fourth-order valence-corrected chi connectivity index (χ4v) is 4.77. The van der Waals surface area contributed by atoms with E-state index in [1.807, 2.05) is 0 Å². The number of nitrogens with zero attached hydrogens (tertiary/aromatic N) is 2. The number of anilines is 1. The van der Waals surface area contributed by atoms with Crippen LogP contribution in [0.4, 0.5) is 10.5 Å². The molecule has 6 amide bonds. The molecule has 1 heterocycles. The summed E-state index contributed by atoms with van der Waals surface area (Å²) in [7, 11) is 0. The highest BCUT2D eigenvalue weighted by molar-refractivity contribution is 6.23. The van der Waals surface area contributed by atoms with Gasteiger partial charge >= 0.3 is 6.03 Å². The fourth-order valence-electron chi connectivity index (χ4n) is 4.77. The van der Waals surface area contributed by atoms with Gasteiger partial charge in [0, 0.05) is 29.9 Å². The Bertz CT molecular complexity index is 989. The molecule has 0 unspecified atom stereocenters. The number of barbiturate groups is 1. The van der Waals surface area contributed by atoms with Gasteiger partial charge in [-0.3, -0.25) is 29.4 Å². The summed E-state index contributed by atoms with van der Waals surface area (Å²) < 4.78 is 0. The highest BCUT2D eigenvalue weighted by Gasteiger charge is 2.50. The Labute approximate surface area is 184 Å². The minimum atomic E-state index is -1.28. The minimum absolute atomic E-state index is 0.139. The van der Waals surface area contributed by atoms with Gasteiger partial charge in [0.05, 0.1) is 0 Å². The molecule has 0 aromatic heterocycles. The molecule has 4 atom stereocenters. The quantitative estimate of drug-likeness (QED) is 0.352. The van der Waals surface area contributed by atoms with Crippen LogP contribution in [0.15, 0.2) is 29.4 Å². The van der Waals surface area contributed by atoms with Gasteiger partial charge < -0.3 is 5.32 Å². The molecule has 1 saturated heterocycles. The molecule has 3 N–H and O–H groups in total. The Kier molecular flexibility index (Phi) is 6.02. The van der Waals surface area contributed by atoms with Gasteiger partial charge in [0.1, 0.15) is 0 Å². The highest BCUT2D eigenvalue weighted by Crippen LogP contribution is 2.47. The summed E-state index contributed by atoms with van der Waals surface area (Å²) >= 11 is 0. The van der Waals surface area contributed by atoms with Crippen molar-refractivity contribution in [3.05, 3.63) is 29.8 Å². The number of carbonyl (C=O) groups is 5. The Morgan fingerprint density at radius 2 is 1.91 bits per heavy atom. The summed E-state index contributed by atoms with van der Waals surface area (Å²) in [6.45, 7) is 1.74. The third-order valence-electron chi connectivity index (χ3n) is 6.41. The van der Waals surface area contributed by atoms with E-state index in [4.69, 9.17) is 0 Å². The number of imide groups is 2. The van der Waals surface area contributed by atoms with Gasteiger partial charge in [-0.15, -0.1) is 0 Å². The molecule has 10 heteroatoms. The van der Waals surface area contributed by atoms with Crippen molar-refractivity contribution in [3.63, 3.8) is 0 Å². The van der Waals surface area contributed by atoms with Gasteiger partial charge in [-0.2, -0.15) is 5.10 Å². The summed E-state index contributed by atoms with van der Waals surface area (Å²) in [6, 6.07) is 5.34. The molecular weight excluding hydrogens is 414 g/mol. The van der Waals surface area contributed by atoms with Gasteiger partial charge in [0.2, 0.25) is 17.7 Å². The van der Waals surface area contributed by atoms with Crippen LogP contribution in [0.5, 0.6) is 0 Å². The van der Waals surface area contributed by atoms with Crippen molar-refractivity contribution in [2.75, 3.05) is 5.32 Å². The molecule has 3 fully saturated rings. The topological polar surface area (TPSA) is 137 Å². The summed E-state index contributed by atoms with van der Waals surface area (Å²) in [5.74, 6) is -2.52. The first-order valence-corrected chi connectivity index (χ1v) is 10.8. The van der Waals surface area contributed by atoms with Crippen molar-refractivity contribution in [1.29, 1.82) is 0 Å². The summed E-state index contributed by atoms with van der Waals surface area (Å²) in [4.78, 5) is 62.3. The Hall–Kier alpha value is -3.56. The van der Waals surface area contributed by atoms with Crippen LogP contribution in [-0.2, 0) is 14.4 Å². The molecule has 2 saturated carbocycles. The van der Waals surface area contributed by atoms with E-state index in [1.165, 1.54) is 17.0 Å². The molecule has 168 valence electrons. The van der Waals surface area contributed by atoms with Crippen molar-refractivity contribution in [2.45, 2.75) is 45.1 Å². The number of urea groups is 1. The average molecular weight is 439 g/mol. The van der Waals surface area contributed by atoms with Crippen molar-refractivity contribution < 1.29 is 24.0 Å². The predicted molar refractivity (Wildman–Crippen MR) is 114 cm³/mol. The van der Waals surface area contributed by atoms with Crippen molar-refractivity contribution >= 4 is 41.6 Å². The first-order valence-electron chi connectivity index (χ1n) is 10.8. The average Bonchev–Trinajstić information content (AvgIpc) is 3.40. The number of hydrogen-bond donors (Lipinski definition) is 3. The lowest BCUT2D eigenvalue weighted by Gasteiger charge is -2.36. The van der Waals surface area contributed by atoms with E-state index in [-0.39, 0.29) is 23.4 Å². The number of hydrazone groups is 1. The third-order valence-corrected chi connectivity index (χ3v) is 6.41. The van der Waals surface area contributed by atoms with Crippen molar-refractivity contribution in [2.24, 2.45) is 22.9 Å². The number of carbonyl (C=O) groups excluding carboxylic acids is 5. The monoisotopic (exact) mass is 439 g/mol. The predicted octanol–water partition coefficient (Wildman–Crippen LogP) is 1.63. The standard InChI is InChI=1S/C22H25N5O5/c1-2-18(28)24-15-7-5-13(6-8-15)19(29)26-23-11-16-20(30)25-22(32)27(21(16)31)17-10-12-3-4-14(17)9-12/h5-8,11-12,14,16-17H,2-4,9-10H2,1H3,(H,24,28)(H,26,29)(H,25,30,32)/b23-11-/t12-,14-,16+,17+/m0/s1. The van der Waals surface area contributed by atoms with Crippen molar-refractivity contribution in [3.8, 4) is 0 Å². The van der Waals surface area contributed by atoms with E-state index in [9.17, 15) is 24.0 Å². The molecule has 1 aromatic carbocycles. The summed E-state index contributed by atoms with van der Waals surface area (Å²) in [5.41, 5.74) is 3.14. The van der Waals surface area contributed by atoms with Crippen LogP contribution in [-0.4, -0.2) is 46.8 Å². The first kappa shape index (κ1) is 21.7. The lowest BCUT2D eigenvalue weighted by molar-refractivity contribution is -0.141. The molecule has 0 radical (unpaired) electrons. The molecule has 1 aliphatic heterocycles. The third kappa shape index (κ3) is 4.25. The molecule has 0 spiro atoms. The van der Waals surface area contributed by atoms with Crippen LogP contribution in [0.25, 0.3) is 0 Å². The second kappa shape index (κ2) is 8.89. The lowest BCUT2D eigenvalue weighted by Crippen LogP contribution is -2.62. The number of benzene rings is 1. The van der Waals surface area contributed by atoms with Gasteiger partial charge in [-0.25, -0.2) is 10.2 Å². The summed E-state index contributed by atoms with van der Waals surface area (Å²) in [5, 5.41) is 8.69. The van der Waals surface area contributed by atoms with Gasteiger partial charge in [-0.1, -0.05) is 13.3 Å². The number of hydrogen-bond acceptors (Lipinski definition) is 6. The van der Waals surface area contributed by atoms with Crippen LogP contribution < -0.4 is 16.1 Å². The van der Waals surface area contributed by atoms with E-state index < -0.39 is 29.7 Å². The van der Waals surface area contributed by atoms with Crippen LogP contribution >= 0.6 is 0 Å². The Morgan fingerprint density at radius 3 is 2.53 bits per heavy atom. The van der Waals surface area contributed by atoms with E-state index in [2.05, 4.69) is 21.2 Å². The molecule has 4 rings (SSSR count). The van der Waals surface area contributed by atoms with Gasteiger partial charge in [-0.05, 0) is 55.4 Å². The summed E-state index contributed by atoms with van der Waals surface area (Å²) in [6.07, 6.45) is 5.27. The van der Waals surface area contributed by atoms with Crippen LogP contribution in [0, 0.1) is 17.8 Å². The second-order valence-corrected chi connectivity index (χ2v) is 8.42. The van der Waals surface area contributed by atoms with E-state index in [1.54, 1.807) is 19.1 Å². The molecule has 32 heavy (non-hydrogen) atoms. The van der Waals surface area contributed by atoms with Gasteiger partial charge in [0.25, 0.3) is 5.91 Å². The van der Waals surface area contributed by atoms with Gasteiger partial charge in [0.15, 0.2) is 5.92 Å². The zero-order chi connectivity index (χ0) is 22.8. The zero-order valence-corrected chi connectivity index (χ0v) is 17.7. The molecular formula is C22H25N5O5. The van der Waals surface area contributed by atoms with E-state index >= 15 is 0 Å². The van der Waals surface area contributed by atoms with Crippen LogP contribution in [0.2, 0.25) is 0 Å². The molecule has 2 bridgehead atoms. The number of fused-ring (bicyclic) bond motifs is 2. The molecule has 1 aromatic rings. The first-order chi connectivity index (χ1) is 15.4. The highest BCUT2D eigenvalue weighted by atomic mass is 16.2. The maximum absolute atomic E-state index is 12.9. The Morgan fingerprint density at radius 1 is 1.16 bits per heavy atom. The largest absolute Gasteiger partial charge is 0.331 e. The second-order valence-electron chi connectivity index (χ2n) is 8.42. The van der Waals surface area contributed by atoms with Crippen LogP contribution in [0.3, 0.4) is 0 Å². The van der Waals surface area contributed by atoms with Crippen LogP contribution in [0.1, 0.15) is 49.4 Å². The minimum Gasteiger partial charge on any atom is -0.326 e. The fraction of sp³-hybridized carbons (Fsp3) is 0.455. The molecule has 10 nitrogen and oxygen atoms in total. The number of rotatable bonds is 6. The van der Waals surface area contributed by atoms with Crippen molar-refractivity contribution in [1.82, 2.24) is 15.6 Å². The smallest absolute Gasteiger partial charge is 0.326 e. The van der Waals surface area contributed by atoms with E-state index in [0.29, 0.717) is 18.0 Å².